The lowest BCUT2D eigenvalue weighted by Crippen LogP contribution is -2.41. The number of alkyl carbamates (subject to hydrolysis) is 1. The van der Waals surface area contributed by atoms with Crippen LogP contribution in [0.5, 0.6) is 5.75 Å². The molecule has 5 nitrogen and oxygen atoms in total. The molecule has 1 aromatic carbocycles. The zero-order valence-corrected chi connectivity index (χ0v) is 11.9. The summed E-state index contributed by atoms with van der Waals surface area (Å²) in [6.45, 7) is 5.63. The molecule has 0 bridgehead atoms. The van der Waals surface area contributed by atoms with Gasteiger partial charge in [0.25, 0.3) is 0 Å². The third-order valence-electron chi connectivity index (χ3n) is 2.77. The number of Topliss-reactive ketones (excluding diaryl/α,β-unsaturated/α-hetero) is 1. The summed E-state index contributed by atoms with van der Waals surface area (Å²) in [5.74, 6) is 0.600. The Hall–Kier alpha value is -2.04. The number of hydrogen-bond donors (Lipinski definition) is 1. The van der Waals surface area contributed by atoms with Gasteiger partial charge in [0.15, 0.2) is 5.78 Å². The van der Waals surface area contributed by atoms with Crippen molar-refractivity contribution >= 4 is 11.9 Å². The van der Waals surface area contributed by atoms with Crippen molar-refractivity contribution in [2.45, 2.75) is 38.9 Å². The minimum atomic E-state index is -0.542. The molecule has 0 unspecified atom stereocenters. The highest BCUT2D eigenvalue weighted by Crippen LogP contribution is 2.26. The van der Waals surface area contributed by atoms with E-state index in [4.69, 9.17) is 9.47 Å². The molecular formula is C15H19NO4. The summed E-state index contributed by atoms with van der Waals surface area (Å²) in [7, 11) is 0. The number of hydrogen-bond acceptors (Lipinski definition) is 4. The van der Waals surface area contributed by atoms with E-state index in [9.17, 15) is 9.59 Å². The van der Waals surface area contributed by atoms with Crippen LogP contribution in [0.25, 0.3) is 0 Å². The van der Waals surface area contributed by atoms with Gasteiger partial charge in [-0.3, -0.25) is 4.79 Å². The Balaban J connectivity index is 1.90. The first-order valence-electron chi connectivity index (χ1n) is 6.61. The van der Waals surface area contributed by atoms with Crippen molar-refractivity contribution in [1.29, 1.82) is 0 Å². The van der Waals surface area contributed by atoms with Gasteiger partial charge in [-0.2, -0.15) is 0 Å². The zero-order chi connectivity index (χ0) is 14.8. The van der Waals surface area contributed by atoms with E-state index in [1.54, 1.807) is 39.0 Å². The van der Waals surface area contributed by atoms with Gasteiger partial charge in [-0.15, -0.1) is 0 Å². The fraction of sp³-hybridized carbons (Fsp3) is 0.467. The Morgan fingerprint density at radius 3 is 2.80 bits per heavy atom. The molecule has 0 radical (unpaired) electrons. The lowest BCUT2D eigenvalue weighted by atomic mass is 10.0. The summed E-state index contributed by atoms with van der Waals surface area (Å²) in [6, 6.07) is 7.12. The van der Waals surface area contributed by atoms with Crippen LogP contribution < -0.4 is 10.1 Å². The topological polar surface area (TPSA) is 64.6 Å². The van der Waals surface area contributed by atoms with Crippen molar-refractivity contribution in [3.63, 3.8) is 0 Å². The standard InChI is InChI=1S/C15H19NO4/c1-15(2,3)20-14(18)16-9-10-8-12(17)11-6-4-5-7-13(11)19-10/h4-7,10H,8-9H2,1-3H3,(H,16,18)/t10-/m1/s1. The zero-order valence-electron chi connectivity index (χ0n) is 11.9. The van der Waals surface area contributed by atoms with Crippen LogP contribution in [-0.4, -0.2) is 30.1 Å². The Morgan fingerprint density at radius 1 is 1.40 bits per heavy atom. The van der Waals surface area contributed by atoms with Crippen molar-refractivity contribution in [2.75, 3.05) is 6.54 Å². The molecule has 1 aromatic rings. The van der Waals surface area contributed by atoms with E-state index < -0.39 is 11.7 Å². The van der Waals surface area contributed by atoms with Crippen LogP contribution in [0.2, 0.25) is 0 Å². The van der Waals surface area contributed by atoms with E-state index >= 15 is 0 Å². The second-order valence-corrected chi connectivity index (χ2v) is 5.75. The maximum atomic E-state index is 11.9. The fourth-order valence-corrected chi connectivity index (χ4v) is 1.96. The van der Waals surface area contributed by atoms with E-state index in [2.05, 4.69) is 5.32 Å². The molecule has 0 saturated carbocycles. The molecule has 1 amide bonds. The minimum Gasteiger partial charge on any atom is -0.487 e. The number of nitrogens with one attached hydrogen (secondary N) is 1. The molecule has 1 heterocycles. The van der Waals surface area contributed by atoms with E-state index in [0.717, 1.165) is 0 Å². The van der Waals surface area contributed by atoms with Gasteiger partial charge in [0.2, 0.25) is 0 Å². The average molecular weight is 277 g/mol. The van der Waals surface area contributed by atoms with E-state index in [-0.39, 0.29) is 24.9 Å². The Morgan fingerprint density at radius 2 is 2.10 bits per heavy atom. The number of rotatable bonds is 2. The summed E-state index contributed by atoms with van der Waals surface area (Å²) >= 11 is 0. The van der Waals surface area contributed by atoms with Gasteiger partial charge >= 0.3 is 6.09 Å². The highest BCUT2D eigenvalue weighted by Gasteiger charge is 2.26. The van der Waals surface area contributed by atoms with Gasteiger partial charge in [0.05, 0.1) is 12.1 Å². The molecular weight excluding hydrogens is 258 g/mol. The molecule has 20 heavy (non-hydrogen) atoms. The van der Waals surface area contributed by atoms with Gasteiger partial charge in [-0.1, -0.05) is 12.1 Å². The van der Waals surface area contributed by atoms with Crippen molar-refractivity contribution in [1.82, 2.24) is 5.32 Å². The van der Waals surface area contributed by atoms with Crippen LogP contribution >= 0.6 is 0 Å². The monoisotopic (exact) mass is 277 g/mol. The molecule has 1 aliphatic rings. The molecule has 5 heteroatoms. The molecule has 0 aromatic heterocycles. The van der Waals surface area contributed by atoms with Crippen molar-refractivity contribution in [3.8, 4) is 5.75 Å². The Bertz CT molecular complexity index is 519. The quantitative estimate of drug-likeness (QED) is 0.902. The molecule has 0 saturated heterocycles. The molecule has 0 fully saturated rings. The minimum absolute atomic E-state index is 0.0304. The number of ketones is 1. The van der Waals surface area contributed by atoms with E-state index in [1.165, 1.54) is 0 Å². The third kappa shape index (κ3) is 3.73. The molecule has 2 rings (SSSR count). The highest BCUT2D eigenvalue weighted by molar-refractivity contribution is 5.99. The lowest BCUT2D eigenvalue weighted by Gasteiger charge is -2.26. The van der Waals surface area contributed by atoms with Crippen LogP contribution in [0.3, 0.4) is 0 Å². The van der Waals surface area contributed by atoms with Gasteiger partial charge < -0.3 is 14.8 Å². The first-order chi connectivity index (χ1) is 9.35. The van der Waals surface area contributed by atoms with Gasteiger partial charge in [0.1, 0.15) is 17.5 Å². The second-order valence-electron chi connectivity index (χ2n) is 5.75. The number of benzene rings is 1. The molecule has 1 aliphatic heterocycles. The lowest BCUT2D eigenvalue weighted by molar-refractivity contribution is 0.0487. The molecule has 0 aliphatic carbocycles. The smallest absolute Gasteiger partial charge is 0.407 e. The number of fused-ring (bicyclic) bond motifs is 1. The number of para-hydroxylation sites is 1. The summed E-state index contributed by atoms with van der Waals surface area (Å²) in [5, 5.41) is 2.62. The van der Waals surface area contributed by atoms with Crippen LogP contribution in [0.15, 0.2) is 24.3 Å². The van der Waals surface area contributed by atoms with Crippen LogP contribution in [0, 0.1) is 0 Å². The van der Waals surface area contributed by atoms with Gasteiger partial charge in [-0.05, 0) is 32.9 Å². The predicted molar refractivity (Wildman–Crippen MR) is 74.0 cm³/mol. The number of carbonyl (C=O) groups is 2. The van der Waals surface area contributed by atoms with E-state index in [0.29, 0.717) is 11.3 Å². The molecule has 0 spiro atoms. The SMILES string of the molecule is CC(C)(C)OC(=O)NC[C@H]1CC(=O)c2ccccc2O1. The second kappa shape index (κ2) is 5.53. The van der Waals surface area contributed by atoms with E-state index in [1.807, 2.05) is 6.07 Å². The van der Waals surface area contributed by atoms with Gasteiger partial charge in [0, 0.05) is 6.42 Å². The van der Waals surface area contributed by atoms with Crippen molar-refractivity contribution < 1.29 is 19.1 Å². The average Bonchev–Trinajstić information content (AvgIpc) is 2.34. The largest absolute Gasteiger partial charge is 0.487 e. The van der Waals surface area contributed by atoms with Crippen LogP contribution in [0.4, 0.5) is 4.79 Å². The Labute approximate surface area is 118 Å². The van der Waals surface area contributed by atoms with Crippen LogP contribution in [-0.2, 0) is 4.74 Å². The number of amides is 1. The number of carbonyl (C=O) groups excluding carboxylic acids is 2. The van der Waals surface area contributed by atoms with Crippen molar-refractivity contribution in [3.05, 3.63) is 29.8 Å². The van der Waals surface area contributed by atoms with Crippen LogP contribution in [0.1, 0.15) is 37.6 Å². The normalized spacial score (nSPS) is 17.9. The predicted octanol–water partition coefficient (Wildman–Crippen LogP) is 2.55. The first-order valence-corrected chi connectivity index (χ1v) is 6.61. The number of ether oxygens (including phenoxy) is 2. The first kappa shape index (κ1) is 14.4. The molecule has 1 atom stereocenters. The maximum Gasteiger partial charge on any atom is 0.407 e. The fourth-order valence-electron chi connectivity index (χ4n) is 1.96. The summed E-state index contributed by atoms with van der Waals surface area (Å²) in [4.78, 5) is 23.5. The highest BCUT2D eigenvalue weighted by atomic mass is 16.6. The maximum absolute atomic E-state index is 11.9. The summed E-state index contributed by atoms with van der Waals surface area (Å²) in [5.41, 5.74) is 0.0564. The molecule has 1 N–H and O–H groups in total. The van der Waals surface area contributed by atoms with Gasteiger partial charge in [-0.25, -0.2) is 4.79 Å². The third-order valence-corrected chi connectivity index (χ3v) is 2.77. The summed E-state index contributed by atoms with van der Waals surface area (Å²) in [6.07, 6.45) is -0.607. The van der Waals surface area contributed by atoms with Crippen molar-refractivity contribution in [2.24, 2.45) is 0 Å². The summed E-state index contributed by atoms with van der Waals surface area (Å²) < 4.78 is 10.8. The molecule has 108 valence electrons. The Kier molecular flexibility index (Phi) is 3.97.